The van der Waals surface area contributed by atoms with Crippen molar-refractivity contribution in [1.82, 2.24) is 9.99 Å². The Morgan fingerprint density at radius 3 is 2.64 bits per heavy atom. The lowest BCUT2D eigenvalue weighted by Gasteiger charge is -2.21. The van der Waals surface area contributed by atoms with Crippen LogP contribution in [-0.4, -0.2) is 21.6 Å². The number of aromatic nitrogens is 1. The first kappa shape index (κ1) is 18.6. The molecule has 2 heterocycles. The van der Waals surface area contributed by atoms with E-state index in [4.69, 9.17) is 11.6 Å². The van der Waals surface area contributed by atoms with E-state index in [0.29, 0.717) is 11.6 Å². The second-order valence-corrected chi connectivity index (χ2v) is 7.55. The molecule has 1 aliphatic heterocycles. The first-order valence-corrected chi connectivity index (χ1v) is 9.88. The summed E-state index contributed by atoms with van der Waals surface area (Å²) in [7, 11) is 0. The van der Waals surface area contributed by atoms with Crippen LogP contribution in [0.25, 0.3) is 10.9 Å². The van der Waals surface area contributed by atoms with E-state index < -0.39 is 0 Å². The Balaban J connectivity index is 1.74. The summed E-state index contributed by atoms with van der Waals surface area (Å²) >= 11 is 6.56. The fourth-order valence-electron chi connectivity index (χ4n) is 3.72. The molecule has 0 unspecified atom stereocenters. The molecule has 142 valence electrons. The van der Waals surface area contributed by atoms with Crippen molar-refractivity contribution in [2.75, 3.05) is 0 Å². The zero-order valence-corrected chi connectivity index (χ0v) is 17.0. The molecule has 1 amide bonds. The average Bonchev–Trinajstić information content (AvgIpc) is 3.14. The number of amides is 1. The largest absolute Gasteiger partial charge is 0.273 e. The van der Waals surface area contributed by atoms with Crippen LogP contribution in [0.4, 0.5) is 0 Å². The van der Waals surface area contributed by atoms with E-state index in [1.54, 1.807) is 0 Å². The third kappa shape index (κ3) is 3.29. The number of rotatable bonds is 3. The van der Waals surface area contributed by atoms with Crippen molar-refractivity contribution in [3.63, 3.8) is 0 Å². The van der Waals surface area contributed by atoms with Gasteiger partial charge in [0.1, 0.15) is 5.15 Å². The van der Waals surface area contributed by atoms with Crippen LogP contribution in [-0.2, 0) is 11.2 Å². The summed E-state index contributed by atoms with van der Waals surface area (Å²) in [6, 6.07) is 16.2. The summed E-state index contributed by atoms with van der Waals surface area (Å²) in [6.45, 7) is 5.68. The van der Waals surface area contributed by atoms with E-state index in [1.807, 2.05) is 31.2 Å². The lowest BCUT2D eigenvalue weighted by Crippen LogP contribution is -2.24. The number of para-hydroxylation sites is 1. The second kappa shape index (κ2) is 7.36. The molecule has 0 N–H and O–H groups in total. The van der Waals surface area contributed by atoms with Gasteiger partial charge in [0, 0.05) is 24.3 Å². The Kier molecular flexibility index (Phi) is 4.90. The monoisotopic (exact) mass is 391 g/mol. The van der Waals surface area contributed by atoms with Gasteiger partial charge >= 0.3 is 0 Å². The van der Waals surface area contributed by atoms with Gasteiger partial charge in [-0.15, -0.1) is 0 Å². The normalized spacial score (nSPS) is 16.5. The third-order valence-corrected chi connectivity index (χ3v) is 5.62. The van der Waals surface area contributed by atoms with Crippen molar-refractivity contribution in [2.45, 2.75) is 39.7 Å². The van der Waals surface area contributed by atoms with Crippen LogP contribution in [0.15, 0.2) is 53.6 Å². The SMILES string of the molecule is CCc1ccc(C2=NN(C(C)=O)[C@@H](c3cc4cccc(C)c4nc3Cl)C2)cc1. The van der Waals surface area contributed by atoms with Crippen LogP contribution in [0, 0.1) is 6.92 Å². The minimum atomic E-state index is -0.247. The summed E-state index contributed by atoms with van der Waals surface area (Å²) < 4.78 is 0. The molecule has 1 aromatic heterocycles. The molecule has 3 aromatic rings. The molecule has 1 atom stereocenters. The van der Waals surface area contributed by atoms with Gasteiger partial charge in [0.2, 0.25) is 5.91 Å². The van der Waals surface area contributed by atoms with Gasteiger partial charge in [0.05, 0.1) is 17.3 Å². The Bertz CT molecular complexity index is 1090. The maximum atomic E-state index is 12.3. The Morgan fingerprint density at radius 1 is 1.21 bits per heavy atom. The Morgan fingerprint density at radius 2 is 1.96 bits per heavy atom. The van der Waals surface area contributed by atoms with Crippen molar-refractivity contribution >= 4 is 34.1 Å². The van der Waals surface area contributed by atoms with Crippen molar-refractivity contribution in [1.29, 1.82) is 0 Å². The predicted octanol–water partition coefficient (Wildman–Crippen LogP) is 5.46. The molecular weight excluding hydrogens is 370 g/mol. The second-order valence-electron chi connectivity index (χ2n) is 7.20. The molecule has 0 saturated heterocycles. The smallest absolute Gasteiger partial charge is 0.240 e. The lowest BCUT2D eigenvalue weighted by atomic mass is 9.97. The standard InChI is InChI=1S/C23H22ClN3O/c1-4-16-8-10-17(11-9-16)20-13-21(27(26-20)15(3)28)19-12-18-7-5-6-14(2)22(18)25-23(19)24/h5-12,21H,4,13H2,1-3H3/t21-/m1/s1. The highest BCUT2D eigenvalue weighted by molar-refractivity contribution is 6.30. The molecule has 4 nitrogen and oxygen atoms in total. The first-order chi connectivity index (χ1) is 13.5. The van der Waals surface area contributed by atoms with Crippen molar-refractivity contribution in [2.24, 2.45) is 5.10 Å². The van der Waals surface area contributed by atoms with E-state index in [1.165, 1.54) is 17.5 Å². The summed E-state index contributed by atoms with van der Waals surface area (Å²) in [5.74, 6) is -0.106. The predicted molar refractivity (Wildman–Crippen MR) is 114 cm³/mol. The van der Waals surface area contributed by atoms with Crippen molar-refractivity contribution in [3.05, 3.63) is 75.9 Å². The number of pyridine rings is 1. The topological polar surface area (TPSA) is 45.6 Å². The fraction of sp³-hybridized carbons (Fsp3) is 0.261. The summed E-state index contributed by atoms with van der Waals surface area (Å²) in [5.41, 5.74) is 6.00. The highest BCUT2D eigenvalue weighted by atomic mass is 35.5. The fourth-order valence-corrected chi connectivity index (χ4v) is 3.99. The van der Waals surface area contributed by atoms with Crippen LogP contribution in [0.1, 0.15) is 48.6 Å². The van der Waals surface area contributed by atoms with Crippen LogP contribution in [0.2, 0.25) is 5.15 Å². The van der Waals surface area contributed by atoms with Gasteiger partial charge < -0.3 is 0 Å². The minimum absolute atomic E-state index is 0.106. The molecule has 0 radical (unpaired) electrons. The van der Waals surface area contributed by atoms with Gasteiger partial charge in [0.15, 0.2) is 0 Å². The number of halogens is 1. The number of benzene rings is 2. The van der Waals surface area contributed by atoms with Crippen LogP contribution < -0.4 is 0 Å². The number of nitrogens with zero attached hydrogens (tertiary/aromatic N) is 3. The van der Waals surface area contributed by atoms with Crippen LogP contribution >= 0.6 is 11.6 Å². The van der Waals surface area contributed by atoms with Gasteiger partial charge in [-0.2, -0.15) is 5.10 Å². The van der Waals surface area contributed by atoms with E-state index >= 15 is 0 Å². The third-order valence-electron chi connectivity index (χ3n) is 5.32. The minimum Gasteiger partial charge on any atom is -0.273 e. The molecule has 0 saturated carbocycles. The van der Waals surface area contributed by atoms with Gasteiger partial charge in [-0.3, -0.25) is 4.79 Å². The van der Waals surface area contributed by atoms with E-state index in [2.05, 4.69) is 41.3 Å². The average molecular weight is 392 g/mol. The van der Waals surface area contributed by atoms with Crippen LogP contribution in [0.3, 0.4) is 0 Å². The number of hydrogen-bond acceptors (Lipinski definition) is 3. The number of fused-ring (bicyclic) bond motifs is 1. The van der Waals surface area contributed by atoms with E-state index in [-0.39, 0.29) is 11.9 Å². The summed E-state index contributed by atoms with van der Waals surface area (Å²) in [6.07, 6.45) is 1.61. The summed E-state index contributed by atoms with van der Waals surface area (Å²) in [5, 5.41) is 7.60. The Labute approximate surface area is 169 Å². The molecule has 0 aliphatic carbocycles. The van der Waals surface area contributed by atoms with E-state index in [9.17, 15) is 4.79 Å². The number of aryl methyl sites for hydroxylation is 2. The zero-order chi connectivity index (χ0) is 19.8. The highest BCUT2D eigenvalue weighted by Crippen LogP contribution is 2.37. The lowest BCUT2D eigenvalue weighted by molar-refractivity contribution is -0.130. The van der Waals surface area contributed by atoms with Crippen molar-refractivity contribution in [3.8, 4) is 0 Å². The zero-order valence-electron chi connectivity index (χ0n) is 16.2. The number of carbonyl (C=O) groups excluding carboxylic acids is 1. The van der Waals surface area contributed by atoms with Crippen LogP contribution in [0.5, 0.6) is 0 Å². The van der Waals surface area contributed by atoms with E-state index in [0.717, 1.165) is 39.7 Å². The molecule has 2 aromatic carbocycles. The molecular formula is C23H22ClN3O. The number of hydrogen-bond donors (Lipinski definition) is 0. The molecule has 0 bridgehead atoms. The van der Waals surface area contributed by atoms with Gasteiger partial charge in [0.25, 0.3) is 0 Å². The van der Waals surface area contributed by atoms with Crippen molar-refractivity contribution < 1.29 is 4.79 Å². The molecule has 0 fully saturated rings. The van der Waals surface area contributed by atoms with Gasteiger partial charge in [-0.25, -0.2) is 9.99 Å². The summed E-state index contributed by atoms with van der Waals surface area (Å²) in [4.78, 5) is 16.9. The number of carbonyl (C=O) groups is 1. The maximum absolute atomic E-state index is 12.3. The molecule has 28 heavy (non-hydrogen) atoms. The molecule has 1 aliphatic rings. The highest BCUT2D eigenvalue weighted by Gasteiger charge is 2.33. The quantitative estimate of drug-likeness (QED) is 0.557. The van der Waals surface area contributed by atoms with Gasteiger partial charge in [-0.1, -0.05) is 61.0 Å². The first-order valence-electron chi connectivity index (χ1n) is 9.50. The number of hydrazone groups is 1. The molecule has 5 heteroatoms. The Hall–Kier alpha value is -2.72. The van der Waals surface area contributed by atoms with Gasteiger partial charge in [-0.05, 0) is 36.1 Å². The maximum Gasteiger partial charge on any atom is 0.240 e. The molecule has 4 rings (SSSR count). The molecule has 0 spiro atoms.